The van der Waals surface area contributed by atoms with Gasteiger partial charge in [-0.2, -0.15) is 0 Å². The van der Waals surface area contributed by atoms with E-state index in [0.717, 1.165) is 38.2 Å². The Morgan fingerprint density at radius 2 is 1.88 bits per heavy atom. The molecule has 0 radical (unpaired) electrons. The Hall–Kier alpha value is -1.24. The Labute approximate surface area is 150 Å². The average Bonchev–Trinajstić information content (AvgIpc) is 2.86. The summed E-state index contributed by atoms with van der Waals surface area (Å²) in [5.41, 5.74) is 2.22. The first-order valence-electron chi connectivity index (χ1n) is 8.90. The zero-order chi connectivity index (χ0) is 18.0. The highest BCUT2D eigenvalue weighted by Gasteiger charge is 2.45. The van der Waals surface area contributed by atoms with E-state index in [1.165, 1.54) is 11.6 Å². The maximum Gasteiger partial charge on any atom is 0.153 e. The highest BCUT2D eigenvalue weighted by molar-refractivity contribution is 7.91. The summed E-state index contributed by atoms with van der Waals surface area (Å²) in [6, 6.07) is 6.79. The smallest absolute Gasteiger partial charge is 0.153 e. The van der Waals surface area contributed by atoms with Crippen LogP contribution >= 0.6 is 0 Å². The fourth-order valence-corrected chi connectivity index (χ4v) is 5.91. The van der Waals surface area contributed by atoms with Crippen LogP contribution in [0.4, 0.5) is 4.39 Å². The lowest BCUT2D eigenvalue weighted by Gasteiger charge is -2.43. The highest BCUT2D eigenvalue weighted by Crippen LogP contribution is 2.27. The minimum Gasteiger partial charge on any atom is -0.296 e. The maximum atomic E-state index is 13.3. The van der Waals surface area contributed by atoms with Gasteiger partial charge in [0, 0.05) is 38.3 Å². The number of hydrogen-bond acceptors (Lipinski definition) is 4. The summed E-state index contributed by atoms with van der Waals surface area (Å²) in [4.78, 5) is 4.60. The second kappa shape index (κ2) is 7.56. The molecule has 0 saturated carbocycles. The summed E-state index contributed by atoms with van der Waals surface area (Å²) in [6.07, 6.45) is 2.92. The summed E-state index contributed by atoms with van der Waals surface area (Å²) in [6.45, 7) is 7.47. The van der Waals surface area contributed by atoms with Crippen molar-refractivity contribution in [3.8, 4) is 0 Å². The normalized spacial score (nSPS) is 26.4. The Bertz CT molecular complexity index is 744. The van der Waals surface area contributed by atoms with Crippen LogP contribution in [0.3, 0.4) is 0 Å². The van der Waals surface area contributed by atoms with Crippen molar-refractivity contribution in [2.24, 2.45) is 0 Å². The predicted octanol–water partition coefficient (Wildman–Crippen LogP) is 2.12. The van der Waals surface area contributed by atoms with Gasteiger partial charge in [0.2, 0.25) is 0 Å². The quantitative estimate of drug-likeness (QED) is 0.749. The van der Waals surface area contributed by atoms with Gasteiger partial charge in [-0.25, -0.2) is 12.8 Å². The summed E-state index contributed by atoms with van der Waals surface area (Å²) in [7, 11) is -2.99. The molecule has 2 aliphatic rings. The Morgan fingerprint density at radius 3 is 2.56 bits per heavy atom. The Balaban J connectivity index is 1.69. The monoisotopic (exact) mass is 366 g/mol. The van der Waals surface area contributed by atoms with Gasteiger partial charge in [-0.1, -0.05) is 23.8 Å². The van der Waals surface area contributed by atoms with Crippen LogP contribution < -0.4 is 0 Å². The van der Waals surface area contributed by atoms with Crippen molar-refractivity contribution in [1.82, 2.24) is 9.80 Å². The second-order valence-corrected chi connectivity index (χ2v) is 9.56. The fraction of sp³-hybridized carbons (Fsp3) is 0.579. The van der Waals surface area contributed by atoms with Crippen LogP contribution in [0.5, 0.6) is 0 Å². The van der Waals surface area contributed by atoms with Gasteiger partial charge in [0.25, 0.3) is 0 Å². The van der Waals surface area contributed by atoms with Crippen molar-refractivity contribution in [2.45, 2.75) is 32.4 Å². The SMILES string of the molecule is CC(C)=CCN1CCN(CCc2cccc(F)c2)[C@H]2CS(=O)(=O)C[C@H]21. The minimum absolute atomic E-state index is 0.0536. The molecule has 3 rings (SSSR count). The number of benzene rings is 1. The minimum atomic E-state index is -2.99. The maximum absolute atomic E-state index is 13.3. The molecule has 2 fully saturated rings. The molecule has 0 aliphatic carbocycles. The van der Waals surface area contributed by atoms with Crippen LogP contribution in [0.15, 0.2) is 35.9 Å². The van der Waals surface area contributed by atoms with Crippen LogP contribution in [0, 0.1) is 5.82 Å². The Kier molecular flexibility index (Phi) is 5.61. The van der Waals surface area contributed by atoms with Crippen LogP contribution in [0.2, 0.25) is 0 Å². The number of fused-ring (bicyclic) bond motifs is 1. The summed E-state index contributed by atoms with van der Waals surface area (Å²) >= 11 is 0. The van der Waals surface area contributed by atoms with E-state index in [-0.39, 0.29) is 29.4 Å². The van der Waals surface area contributed by atoms with Crippen molar-refractivity contribution >= 4 is 9.84 Å². The molecule has 2 atom stereocenters. The molecule has 0 N–H and O–H groups in total. The molecule has 1 aromatic rings. The van der Waals surface area contributed by atoms with Crippen LogP contribution in [-0.4, -0.2) is 68.0 Å². The van der Waals surface area contributed by atoms with E-state index in [1.54, 1.807) is 12.1 Å². The fourth-order valence-electron chi connectivity index (χ4n) is 3.87. The van der Waals surface area contributed by atoms with E-state index in [9.17, 15) is 12.8 Å². The van der Waals surface area contributed by atoms with Crippen LogP contribution in [0.1, 0.15) is 19.4 Å². The highest BCUT2D eigenvalue weighted by atomic mass is 32.2. The van der Waals surface area contributed by atoms with E-state index >= 15 is 0 Å². The summed E-state index contributed by atoms with van der Waals surface area (Å²) in [5, 5.41) is 0. The zero-order valence-corrected chi connectivity index (χ0v) is 15.8. The number of rotatable bonds is 5. The van der Waals surface area contributed by atoms with Gasteiger partial charge in [0.15, 0.2) is 9.84 Å². The van der Waals surface area contributed by atoms with E-state index in [2.05, 4.69) is 29.7 Å². The van der Waals surface area contributed by atoms with Gasteiger partial charge >= 0.3 is 0 Å². The first kappa shape index (κ1) is 18.5. The van der Waals surface area contributed by atoms with Gasteiger partial charge in [0.05, 0.1) is 11.5 Å². The molecule has 2 heterocycles. The molecule has 2 saturated heterocycles. The molecular weight excluding hydrogens is 339 g/mol. The first-order chi connectivity index (χ1) is 11.8. The van der Waals surface area contributed by atoms with E-state index in [1.807, 2.05) is 6.07 Å². The molecule has 138 valence electrons. The van der Waals surface area contributed by atoms with Gasteiger partial charge in [-0.15, -0.1) is 0 Å². The third kappa shape index (κ3) is 4.68. The van der Waals surface area contributed by atoms with Crippen molar-refractivity contribution in [3.05, 3.63) is 47.3 Å². The van der Waals surface area contributed by atoms with E-state index in [4.69, 9.17) is 0 Å². The lowest BCUT2D eigenvalue weighted by atomic mass is 10.0. The van der Waals surface area contributed by atoms with Crippen molar-refractivity contribution in [3.63, 3.8) is 0 Å². The molecule has 0 spiro atoms. The summed E-state index contributed by atoms with van der Waals surface area (Å²) < 4.78 is 37.8. The lowest BCUT2D eigenvalue weighted by Crippen LogP contribution is -2.59. The number of halogens is 1. The standard InChI is InChI=1S/C19H27FN2O2S/c1-15(2)6-8-21-10-11-22(19-14-25(23,24)13-18(19)21)9-7-16-4-3-5-17(20)12-16/h3-6,12,18-19H,7-11,13-14H2,1-2H3/t18-,19+/m1/s1. The van der Waals surface area contributed by atoms with E-state index < -0.39 is 9.84 Å². The number of piperazine rings is 1. The molecule has 25 heavy (non-hydrogen) atoms. The first-order valence-corrected chi connectivity index (χ1v) is 10.7. The number of hydrogen-bond donors (Lipinski definition) is 0. The molecule has 0 unspecified atom stereocenters. The molecule has 2 aliphatic heterocycles. The van der Waals surface area contributed by atoms with E-state index in [0.29, 0.717) is 0 Å². The average molecular weight is 367 g/mol. The van der Waals surface area contributed by atoms with Gasteiger partial charge < -0.3 is 0 Å². The van der Waals surface area contributed by atoms with Crippen molar-refractivity contribution < 1.29 is 12.8 Å². The van der Waals surface area contributed by atoms with Gasteiger partial charge in [0.1, 0.15) is 5.82 Å². The second-order valence-electron chi connectivity index (χ2n) is 7.40. The molecule has 0 amide bonds. The third-order valence-corrected chi connectivity index (χ3v) is 6.92. The molecule has 6 heteroatoms. The third-order valence-electron chi connectivity index (χ3n) is 5.22. The van der Waals surface area contributed by atoms with Crippen molar-refractivity contribution in [1.29, 1.82) is 0 Å². The molecule has 1 aromatic carbocycles. The van der Waals surface area contributed by atoms with Crippen LogP contribution in [-0.2, 0) is 16.3 Å². The molecule has 4 nitrogen and oxygen atoms in total. The molecule has 0 aromatic heterocycles. The summed E-state index contributed by atoms with van der Waals surface area (Å²) in [5.74, 6) is 0.280. The lowest BCUT2D eigenvalue weighted by molar-refractivity contribution is 0.0539. The van der Waals surface area contributed by atoms with Crippen LogP contribution in [0.25, 0.3) is 0 Å². The molecular formula is C19H27FN2O2S. The van der Waals surface area contributed by atoms with Crippen molar-refractivity contribution in [2.75, 3.05) is 37.7 Å². The molecule has 0 bridgehead atoms. The Morgan fingerprint density at radius 1 is 1.20 bits per heavy atom. The van der Waals surface area contributed by atoms with Gasteiger partial charge in [-0.05, 0) is 38.0 Å². The topological polar surface area (TPSA) is 40.6 Å². The number of allylic oxidation sites excluding steroid dienone is 1. The van der Waals surface area contributed by atoms with Gasteiger partial charge in [-0.3, -0.25) is 9.80 Å². The number of nitrogens with zero attached hydrogens (tertiary/aromatic N) is 2. The number of sulfone groups is 1. The largest absolute Gasteiger partial charge is 0.296 e. The zero-order valence-electron chi connectivity index (χ0n) is 15.0. The predicted molar refractivity (Wildman–Crippen MR) is 98.9 cm³/mol.